The molecular formula is C6H8O7. The summed E-state index contributed by atoms with van der Waals surface area (Å²) in [5.41, 5.74) is -2.65. The molecule has 0 aliphatic carbocycles. The van der Waals surface area contributed by atoms with Crippen molar-refractivity contribution in [2.75, 3.05) is 6.61 Å². The Hall–Kier alpha value is -1.63. The van der Waals surface area contributed by atoms with Crippen LogP contribution in [0.4, 0.5) is 0 Å². The Kier molecular flexibility index (Phi) is 3.37. The molecule has 0 aromatic heterocycles. The van der Waals surface area contributed by atoms with Crippen LogP contribution in [0.3, 0.4) is 0 Å². The molecular weight excluding hydrogens is 184 g/mol. The number of aliphatic hydroxyl groups excluding tert-OH is 1. The average Bonchev–Trinajstić information content (AvgIpc) is 1.98. The molecule has 0 rings (SSSR count). The molecule has 7 heteroatoms. The number of carboxylic acids is 3. The topological polar surface area (TPSA) is 132 Å². The highest BCUT2D eigenvalue weighted by Gasteiger charge is 2.48. The van der Waals surface area contributed by atoms with E-state index in [4.69, 9.17) is 20.4 Å². The second-order valence-corrected chi connectivity index (χ2v) is 2.42. The molecule has 0 aromatic carbocycles. The number of carbonyl (C=O) groups is 3. The Bertz CT molecular complexity index is 229. The summed E-state index contributed by atoms with van der Waals surface area (Å²) in [6, 6.07) is 0. The van der Waals surface area contributed by atoms with Gasteiger partial charge in [-0.25, -0.2) is 0 Å². The first-order chi connectivity index (χ1) is 5.86. The van der Waals surface area contributed by atoms with E-state index in [0.717, 1.165) is 0 Å². The van der Waals surface area contributed by atoms with Crippen molar-refractivity contribution in [2.24, 2.45) is 5.41 Å². The Balaban J connectivity index is 4.98. The van der Waals surface area contributed by atoms with Gasteiger partial charge in [0.2, 0.25) is 0 Å². The van der Waals surface area contributed by atoms with Crippen LogP contribution in [0.25, 0.3) is 0 Å². The fraction of sp³-hybridized carbons (Fsp3) is 0.500. The summed E-state index contributed by atoms with van der Waals surface area (Å²) < 4.78 is 0. The summed E-state index contributed by atoms with van der Waals surface area (Å²) in [6.45, 7) is -1.26. The second kappa shape index (κ2) is 3.85. The van der Waals surface area contributed by atoms with Crippen LogP contribution in [-0.4, -0.2) is 44.9 Å². The SMILES string of the molecule is O=C(O)CC(CO)(C(=O)O)C(=O)O. The van der Waals surface area contributed by atoms with Gasteiger partial charge in [0.25, 0.3) is 0 Å². The van der Waals surface area contributed by atoms with Crippen molar-refractivity contribution < 1.29 is 34.8 Å². The Morgan fingerprint density at radius 3 is 1.46 bits per heavy atom. The normalized spacial score (nSPS) is 10.8. The first kappa shape index (κ1) is 11.4. The summed E-state index contributed by atoms with van der Waals surface area (Å²) in [7, 11) is 0. The van der Waals surface area contributed by atoms with Gasteiger partial charge in [0.1, 0.15) is 0 Å². The van der Waals surface area contributed by atoms with Crippen molar-refractivity contribution in [3.63, 3.8) is 0 Å². The third-order valence-electron chi connectivity index (χ3n) is 1.54. The number of rotatable bonds is 5. The van der Waals surface area contributed by atoms with E-state index in [0.29, 0.717) is 0 Å². The molecule has 0 fully saturated rings. The van der Waals surface area contributed by atoms with Gasteiger partial charge in [0, 0.05) is 0 Å². The van der Waals surface area contributed by atoms with Gasteiger partial charge in [-0.2, -0.15) is 0 Å². The Morgan fingerprint density at radius 2 is 1.38 bits per heavy atom. The molecule has 0 unspecified atom stereocenters. The van der Waals surface area contributed by atoms with Crippen LogP contribution in [0.15, 0.2) is 0 Å². The van der Waals surface area contributed by atoms with Gasteiger partial charge in [-0.05, 0) is 0 Å². The molecule has 7 nitrogen and oxygen atoms in total. The zero-order valence-corrected chi connectivity index (χ0v) is 6.43. The third-order valence-corrected chi connectivity index (χ3v) is 1.54. The molecule has 0 saturated carbocycles. The van der Waals surface area contributed by atoms with E-state index in [1.807, 2.05) is 0 Å². The maximum absolute atomic E-state index is 10.4. The maximum Gasteiger partial charge on any atom is 0.324 e. The third kappa shape index (κ3) is 2.15. The predicted molar refractivity (Wildman–Crippen MR) is 37.0 cm³/mol. The molecule has 0 aliphatic rings. The van der Waals surface area contributed by atoms with Gasteiger partial charge in [-0.15, -0.1) is 0 Å². The molecule has 0 saturated heterocycles. The molecule has 74 valence electrons. The number of hydrogen-bond acceptors (Lipinski definition) is 4. The summed E-state index contributed by atoms with van der Waals surface area (Å²) >= 11 is 0. The fourth-order valence-electron chi connectivity index (χ4n) is 0.692. The smallest absolute Gasteiger partial charge is 0.324 e. The molecule has 0 aliphatic heterocycles. The van der Waals surface area contributed by atoms with Gasteiger partial charge in [-0.3, -0.25) is 14.4 Å². The number of aliphatic hydroxyl groups is 1. The highest BCUT2D eigenvalue weighted by Crippen LogP contribution is 2.22. The van der Waals surface area contributed by atoms with E-state index in [-0.39, 0.29) is 0 Å². The highest BCUT2D eigenvalue weighted by atomic mass is 16.4. The molecule has 13 heavy (non-hydrogen) atoms. The summed E-state index contributed by atoms with van der Waals surface area (Å²) in [5.74, 6) is -5.34. The van der Waals surface area contributed by atoms with Crippen molar-refractivity contribution >= 4 is 17.9 Å². The van der Waals surface area contributed by atoms with Crippen LogP contribution in [0.5, 0.6) is 0 Å². The molecule has 0 atom stereocenters. The monoisotopic (exact) mass is 192 g/mol. The van der Waals surface area contributed by atoms with Crippen LogP contribution in [-0.2, 0) is 14.4 Å². The minimum absolute atomic E-state index is 1.16. The largest absolute Gasteiger partial charge is 0.481 e. The molecule has 0 radical (unpaired) electrons. The van der Waals surface area contributed by atoms with Crippen molar-refractivity contribution in [1.82, 2.24) is 0 Å². The van der Waals surface area contributed by atoms with Crippen LogP contribution in [0, 0.1) is 5.41 Å². The first-order valence-electron chi connectivity index (χ1n) is 3.16. The lowest BCUT2D eigenvalue weighted by molar-refractivity contribution is -0.172. The zero-order chi connectivity index (χ0) is 10.6. The van der Waals surface area contributed by atoms with Crippen molar-refractivity contribution in [2.45, 2.75) is 6.42 Å². The summed E-state index contributed by atoms with van der Waals surface area (Å²) in [4.78, 5) is 31.0. The Morgan fingerprint density at radius 1 is 1.00 bits per heavy atom. The lowest BCUT2D eigenvalue weighted by Crippen LogP contribution is -2.44. The van der Waals surface area contributed by atoms with Gasteiger partial charge in [0.05, 0.1) is 13.0 Å². The molecule has 0 spiro atoms. The van der Waals surface area contributed by atoms with Gasteiger partial charge >= 0.3 is 17.9 Å². The number of carboxylic acid groups (broad SMARTS) is 3. The number of hydrogen-bond donors (Lipinski definition) is 4. The lowest BCUT2D eigenvalue weighted by atomic mass is 9.85. The van der Waals surface area contributed by atoms with Crippen LogP contribution >= 0.6 is 0 Å². The van der Waals surface area contributed by atoms with Gasteiger partial charge < -0.3 is 20.4 Å². The van der Waals surface area contributed by atoms with E-state index < -0.39 is 36.4 Å². The first-order valence-corrected chi connectivity index (χ1v) is 3.16. The second-order valence-electron chi connectivity index (χ2n) is 2.42. The van der Waals surface area contributed by atoms with Gasteiger partial charge in [0.15, 0.2) is 5.41 Å². The maximum atomic E-state index is 10.4. The molecule has 0 amide bonds. The Labute approximate surface area is 72.2 Å². The van der Waals surface area contributed by atoms with E-state index in [9.17, 15) is 14.4 Å². The van der Waals surface area contributed by atoms with E-state index in [1.165, 1.54) is 0 Å². The lowest BCUT2D eigenvalue weighted by Gasteiger charge is -2.19. The molecule has 0 heterocycles. The van der Waals surface area contributed by atoms with Crippen LogP contribution in [0.1, 0.15) is 6.42 Å². The standard InChI is InChI=1S/C6H8O7/c7-2-6(4(10)11,5(12)13)1-3(8)9/h7H,1-2H2,(H,8,9)(H,10,11)(H,12,13). The number of aliphatic carboxylic acids is 3. The quantitative estimate of drug-likeness (QED) is 0.394. The average molecular weight is 192 g/mol. The highest BCUT2D eigenvalue weighted by molar-refractivity contribution is 6.01. The minimum Gasteiger partial charge on any atom is -0.481 e. The van der Waals surface area contributed by atoms with Crippen molar-refractivity contribution in [3.05, 3.63) is 0 Å². The zero-order valence-electron chi connectivity index (χ0n) is 6.43. The predicted octanol–water partition coefficient (Wildman–Crippen LogP) is -1.39. The fourth-order valence-corrected chi connectivity index (χ4v) is 0.692. The van der Waals surface area contributed by atoms with E-state index in [2.05, 4.69) is 0 Å². The minimum atomic E-state index is -2.65. The molecule has 0 aromatic rings. The molecule has 4 N–H and O–H groups in total. The van der Waals surface area contributed by atoms with Gasteiger partial charge in [-0.1, -0.05) is 0 Å². The van der Waals surface area contributed by atoms with E-state index in [1.54, 1.807) is 0 Å². The van der Waals surface area contributed by atoms with Crippen molar-refractivity contribution in [3.8, 4) is 0 Å². The van der Waals surface area contributed by atoms with E-state index >= 15 is 0 Å². The van der Waals surface area contributed by atoms with Crippen molar-refractivity contribution in [1.29, 1.82) is 0 Å². The van der Waals surface area contributed by atoms with Crippen LogP contribution < -0.4 is 0 Å². The van der Waals surface area contributed by atoms with Crippen LogP contribution in [0.2, 0.25) is 0 Å². The summed E-state index contributed by atoms with van der Waals surface area (Å²) in [5, 5.41) is 33.7. The summed E-state index contributed by atoms with van der Waals surface area (Å²) in [6.07, 6.45) is -1.16. The molecule has 0 bridgehead atoms.